The molecule has 0 heterocycles. The number of esters is 1. The van der Waals surface area contributed by atoms with Crippen molar-refractivity contribution in [1.82, 2.24) is 5.32 Å². The lowest BCUT2D eigenvalue weighted by molar-refractivity contribution is -0.145. The van der Waals surface area contributed by atoms with E-state index in [1.165, 1.54) is 19.3 Å². The quantitative estimate of drug-likeness (QED) is 0.243. The summed E-state index contributed by atoms with van der Waals surface area (Å²) >= 11 is 0. The van der Waals surface area contributed by atoms with Crippen LogP contribution >= 0.6 is 0 Å². The summed E-state index contributed by atoms with van der Waals surface area (Å²) in [6.45, 7) is 7.69. The number of carbonyl (C=O) groups is 1. The molecule has 7 heteroatoms. The number of hydrogen-bond donors (Lipinski definition) is 1. The van der Waals surface area contributed by atoms with E-state index in [1.54, 1.807) is 0 Å². The monoisotopic (exact) mass is 377 g/mol. The van der Waals surface area contributed by atoms with Crippen LogP contribution in [-0.4, -0.2) is 79.0 Å². The summed E-state index contributed by atoms with van der Waals surface area (Å²) < 4.78 is 26.6. The van der Waals surface area contributed by atoms with Gasteiger partial charge in [0.2, 0.25) is 0 Å². The summed E-state index contributed by atoms with van der Waals surface area (Å²) in [6.07, 6.45) is 6.17. The van der Waals surface area contributed by atoms with E-state index in [1.807, 2.05) is 7.05 Å². The minimum atomic E-state index is -0.131. The van der Waals surface area contributed by atoms with Crippen molar-refractivity contribution < 1.29 is 28.5 Å². The summed E-state index contributed by atoms with van der Waals surface area (Å²) in [7, 11) is 1.89. The van der Waals surface area contributed by atoms with Crippen LogP contribution in [0.5, 0.6) is 0 Å². The Balaban J connectivity index is 3.09. The van der Waals surface area contributed by atoms with Crippen LogP contribution in [0.15, 0.2) is 0 Å². The predicted molar refractivity (Wildman–Crippen MR) is 102 cm³/mol. The molecule has 0 aromatic heterocycles. The standard InChI is InChI=1S/C19H39NO6/c1-3-4-5-6-7-8-19(21)26-18-17-25-16-15-24-14-13-23-12-11-22-10-9-20-2/h20H,3-18H2,1-2H3. The van der Waals surface area contributed by atoms with E-state index in [4.69, 9.17) is 23.7 Å². The van der Waals surface area contributed by atoms with Crippen molar-refractivity contribution in [3.8, 4) is 0 Å². The summed E-state index contributed by atoms with van der Waals surface area (Å²) in [5, 5.41) is 3.01. The average molecular weight is 378 g/mol. The molecule has 0 aliphatic heterocycles. The number of unbranched alkanes of at least 4 members (excludes halogenated alkanes) is 4. The molecule has 1 N–H and O–H groups in total. The molecule has 0 radical (unpaired) electrons. The van der Waals surface area contributed by atoms with E-state index in [-0.39, 0.29) is 5.97 Å². The van der Waals surface area contributed by atoms with Gasteiger partial charge in [-0.15, -0.1) is 0 Å². The molecule has 156 valence electrons. The Morgan fingerprint density at radius 2 is 1.19 bits per heavy atom. The number of rotatable bonds is 21. The van der Waals surface area contributed by atoms with Crippen molar-refractivity contribution in [3.63, 3.8) is 0 Å². The second-order valence-electron chi connectivity index (χ2n) is 5.94. The van der Waals surface area contributed by atoms with Crippen molar-refractivity contribution in [3.05, 3.63) is 0 Å². The highest BCUT2D eigenvalue weighted by molar-refractivity contribution is 5.69. The van der Waals surface area contributed by atoms with E-state index in [0.717, 1.165) is 19.4 Å². The number of ether oxygens (including phenoxy) is 5. The van der Waals surface area contributed by atoms with Gasteiger partial charge in [-0.3, -0.25) is 4.79 Å². The third-order valence-electron chi connectivity index (χ3n) is 3.59. The lowest BCUT2D eigenvalue weighted by atomic mass is 10.1. The molecule has 0 spiro atoms. The van der Waals surface area contributed by atoms with Gasteiger partial charge >= 0.3 is 5.97 Å². The minimum Gasteiger partial charge on any atom is -0.463 e. The fourth-order valence-electron chi connectivity index (χ4n) is 2.10. The highest BCUT2D eigenvalue weighted by atomic mass is 16.6. The third kappa shape index (κ3) is 21.3. The molecule has 0 unspecified atom stereocenters. The van der Waals surface area contributed by atoms with E-state index in [2.05, 4.69) is 12.2 Å². The molecular weight excluding hydrogens is 338 g/mol. The van der Waals surface area contributed by atoms with Crippen molar-refractivity contribution in [2.75, 3.05) is 73.1 Å². The van der Waals surface area contributed by atoms with Gasteiger partial charge in [-0.1, -0.05) is 32.6 Å². The zero-order chi connectivity index (χ0) is 19.1. The maximum absolute atomic E-state index is 11.5. The van der Waals surface area contributed by atoms with Gasteiger partial charge in [0.25, 0.3) is 0 Å². The van der Waals surface area contributed by atoms with Crippen LogP contribution in [0.1, 0.15) is 45.4 Å². The highest BCUT2D eigenvalue weighted by Crippen LogP contribution is 2.05. The fourth-order valence-corrected chi connectivity index (χ4v) is 2.10. The first kappa shape index (κ1) is 25.3. The first-order valence-corrected chi connectivity index (χ1v) is 9.92. The molecule has 0 amide bonds. The van der Waals surface area contributed by atoms with Crippen LogP contribution in [0.25, 0.3) is 0 Å². The van der Waals surface area contributed by atoms with Gasteiger partial charge in [0, 0.05) is 13.0 Å². The molecule has 0 aromatic rings. The van der Waals surface area contributed by atoms with Gasteiger partial charge in [-0.05, 0) is 13.5 Å². The zero-order valence-electron chi connectivity index (χ0n) is 16.8. The van der Waals surface area contributed by atoms with Gasteiger partial charge in [0.15, 0.2) is 0 Å². The maximum Gasteiger partial charge on any atom is 0.305 e. The second-order valence-corrected chi connectivity index (χ2v) is 5.94. The van der Waals surface area contributed by atoms with E-state index >= 15 is 0 Å². The predicted octanol–water partition coefficient (Wildman–Crippen LogP) is 2.18. The lowest BCUT2D eigenvalue weighted by Gasteiger charge is -2.08. The van der Waals surface area contributed by atoms with Crippen LogP contribution in [0.2, 0.25) is 0 Å². The van der Waals surface area contributed by atoms with Gasteiger partial charge in [0.05, 0.1) is 52.9 Å². The van der Waals surface area contributed by atoms with Gasteiger partial charge in [-0.25, -0.2) is 0 Å². The van der Waals surface area contributed by atoms with Crippen molar-refractivity contribution in [1.29, 1.82) is 0 Å². The summed E-state index contributed by atoms with van der Waals surface area (Å²) in [5.74, 6) is -0.131. The number of carbonyl (C=O) groups excluding carboxylic acids is 1. The Bertz CT molecular complexity index is 291. The number of hydrogen-bond acceptors (Lipinski definition) is 7. The van der Waals surface area contributed by atoms with E-state index in [9.17, 15) is 4.79 Å². The zero-order valence-corrected chi connectivity index (χ0v) is 16.8. The molecule has 0 saturated carbocycles. The van der Waals surface area contributed by atoms with Crippen LogP contribution in [0.4, 0.5) is 0 Å². The molecular formula is C19H39NO6. The Labute approximate surface area is 159 Å². The molecule has 0 bridgehead atoms. The summed E-state index contributed by atoms with van der Waals surface area (Å²) in [6, 6.07) is 0. The Morgan fingerprint density at radius 1 is 0.692 bits per heavy atom. The van der Waals surface area contributed by atoms with E-state index in [0.29, 0.717) is 65.9 Å². The molecule has 0 saturated heterocycles. The molecule has 0 aliphatic rings. The lowest BCUT2D eigenvalue weighted by Crippen LogP contribution is -2.17. The Kier molecular flexibility index (Phi) is 21.7. The molecule has 0 aromatic carbocycles. The molecule has 0 fully saturated rings. The van der Waals surface area contributed by atoms with Crippen molar-refractivity contribution >= 4 is 5.97 Å². The Morgan fingerprint density at radius 3 is 1.73 bits per heavy atom. The van der Waals surface area contributed by atoms with Crippen LogP contribution in [0, 0.1) is 0 Å². The van der Waals surface area contributed by atoms with Gasteiger partial charge in [0.1, 0.15) is 6.61 Å². The first-order valence-electron chi connectivity index (χ1n) is 9.92. The normalized spacial score (nSPS) is 11.0. The SMILES string of the molecule is CCCCCCCC(=O)OCCOCCOCCOCCOCCNC. The third-order valence-corrected chi connectivity index (χ3v) is 3.59. The van der Waals surface area contributed by atoms with Crippen LogP contribution < -0.4 is 5.32 Å². The molecule has 7 nitrogen and oxygen atoms in total. The van der Waals surface area contributed by atoms with Crippen molar-refractivity contribution in [2.45, 2.75) is 45.4 Å². The number of likely N-dealkylation sites (N-methyl/N-ethyl adjacent to an activating group) is 1. The van der Waals surface area contributed by atoms with Crippen molar-refractivity contribution in [2.24, 2.45) is 0 Å². The molecule has 0 rings (SSSR count). The van der Waals surface area contributed by atoms with E-state index < -0.39 is 0 Å². The average Bonchev–Trinajstić information content (AvgIpc) is 2.64. The smallest absolute Gasteiger partial charge is 0.305 e. The highest BCUT2D eigenvalue weighted by Gasteiger charge is 2.02. The minimum absolute atomic E-state index is 0.131. The summed E-state index contributed by atoms with van der Waals surface area (Å²) in [5.41, 5.74) is 0. The molecule has 0 aliphatic carbocycles. The summed E-state index contributed by atoms with van der Waals surface area (Å²) in [4.78, 5) is 11.5. The Hall–Kier alpha value is -0.730. The largest absolute Gasteiger partial charge is 0.463 e. The number of nitrogens with one attached hydrogen (secondary N) is 1. The van der Waals surface area contributed by atoms with Gasteiger partial charge < -0.3 is 29.0 Å². The topological polar surface area (TPSA) is 75.3 Å². The fraction of sp³-hybridized carbons (Fsp3) is 0.947. The van der Waals surface area contributed by atoms with Gasteiger partial charge in [-0.2, -0.15) is 0 Å². The first-order chi connectivity index (χ1) is 12.8. The molecule has 0 atom stereocenters. The maximum atomic E-state index is 11.5. The van der Waals surface area contributed by atoms with Crippen LogP contribution in [-0.2, 0) is 28.5 Å². The van der Waals surface area contributed by atoms with Crippen LogP contribution in [0.3, 0.4) is 0 Å². The second kappa shape index (κ2) is 22.3. The molecule has 26 heavy (non-hydrogen) atoms.